The molecule has 0 unspecified atom stereocenters. The van der Waals surface area contributed by atoms with Crippen LogP contribution in [0.2, 0.25) is 0 Å². The number of nitrogens with zero attached hydrogens (tertiary/aromatic N) is 2. The second-order valence-corrected chi connectivity index (χ2v) is 3.27. The lowest BCUT2D eigenvalue weighted by atomic mass is 10.2. The molecule has 1 N–H and O–H groups in total. The van der Waals surface area contributed by atoms with Crippen molar-refractivity contribution in [2.45, 2.75) is 0 Å². The zero-order valence-corrected chi connectivity index (χ0v) is 8.27. The molecule has 0 aliphatic carbocycles. The van der Waals surface area contributed by atoms with Gasteiger partial charge in [0.25, 0.3) is 5.56 Å². The maximum absolute atomic E-state index is 12.9. The lowest BCUT2D eigenvalue weighted by Crippen LogP contribution is -2.25. The third kappa shape index (κ3) is 1.44. The minimum atomic E-state index is -1.33. The Morgan fingerprint density at radius 1 is 1.50 bits per heavy atom. The molecule has 0 saturated heterocycles. The molecule has 2 aromatic rings. The van der Waals surface area contributed by atoms with Crippen LogP contribution in [0.1, 0.15) is 10.6 Å². The summed E-state index contributed by atoms with van der Waals surface area (Å²) < 4.78 is 13.8. The van der Waals surface area contributed by atoms with Crippen LogP contribution in [0.15, 0.2) is 23.0 Å². The Morgan fingerprint density at radius 3 is 2.81 bits per heavy atom. The molecule has 0 aliphatic rings. The summed E-state index contributed by atoms with van der Waals surface area (Å²) in [6.07, 6.45) is 0. The van der Waals surface area contributed by atoms with Gasteiger partial charge in [-0.2, -0.15) is 0 Å². The number of carbonyl (C=O) groups is 1. The van der Waals surface area contributed by atoms with Crippen LogP contribution in [0.4, 0.5) is 4.39 Å². The summed E-state index contributed by atoms with van der Waals surface area (Å²) in [7, 11) is 1.31. The van der Waals surface area contributed by atoms with E-state index in [1.165, 1.54) is 13.1 Å². The molecule has 16 heavy (non-hydrogen) atoms. The largest absolute Gasteiger partial charge is 0.475 e. The zero-order chi connectivity index (χ0) is 11.9. The van der Waals surface area contributed by atoms with Crippen molar-refractivity contribution >= 4 is 16.9 Å². The first-order chi connectivity index (χ1) is 7.50. The number of benzene rings is 1. The lowest BCUT2D eigenvalue weighted by molar-refractivity contribution is 0.0678. The molecule has 2 rings (SSSR count). The van der Waals surface area contributed by atoms with Crippen LogP contribution in [0.3, 0.4) is 0 Å². The molecule has 5 nitrogen and oxygen atoms in total. The van der Waals surface area contributed by atoms with E-state index in [0.717, 1.165) is 16.7 Å². The standard InChI is InChI=1S/C10H7FN2O3/c1-13-8(10(15)16)12-7-4-5(11)2-3-6(7)9(13)14/h2-4H,1H3,(H,15,16). The molecule has 0 aliphatic heterocycles. The van der Waals surface area contributed by atoms with Crippen LogP contribution in [0.5, 0.6) is 0 Å². The first-order valence-corrected chi connectivity index (χ1v) is 4.40. The molecule has 6 heteroatoms. The van der Waals surface area contributed by atoms with Gasteiger partial charge in [-0.05, 0) is 12.1 Å². The number of hydrogen-bond donors (Lipinski definition) is 1. The van der Waals surface area contributed by atoms with E-state index in [9.17, 15) is 14.0 Å². The number of halogens is 1. The molecule has 0 amide bonds. The summed E-state index contributed by atoms with van der Waals surface area (Å²) >= 11 is 0. The summed E-state index contributed by atoms with van der Waals surface area (Å²) in [4.78, 5) is 26.2. The molecule has 0 fully saturated rings. The van der Waals surface area contributed by atoms with Gasteiger partial charge in [-0.3, -0.25) is 9.36 Å². The molecule has 0 bridgehead atoms. The smallest absolute Gasteiger partial charge is 0.372 e. The third-order valence-electron chi connectivity index (χ3n) is 2.23. The average molecular weight is 222 g/mol. The number of aromatic nitrogens is 2. The number of carboxylic acids is 1. The highest BCUT2D eigenvalue weighted by Gasteiger charge is 2.13. The van der Waals surface area contributed by atoms with Gasteiger partial charge in [-0.1, -0.05) is 0 Å². The fourth-order valence-corrected chi connectivity index (χ4v) is 1.44. The summed E-state index contributed by atoms with van der Waals surface area (Å²) in [5.41, 5.74) is -0.470. The van der Waals surface area contributed by atoms with E-state index in [-0.39, 0.29) is 10.9 Å². The molecule has 0 saturated carbocycles. The highest BCUT2D eigenvalue weighted by molar-refractivity contribution is 5.87. The maximum Gasteiger partial charge on any atom is 0.372 e. The zero-order valence-electron chi connectivity index (χ0n) is 8.27. The van der Waals surface area contributed by atoms with Crippen molar-refractivity contribution in [2.24, 2.45) is 7.05 Å². The van der Waals surface area contributed by atoms with Crippen molar-refractivity contribution in [3.8, 4) is 0 Å². The Labute approximate surface area is 88.8 Å². The topological polar surface area (TPSA) is 72.2 Å². The predicted molar refractivity (Wildman–Crippen MR) is 53.9 cm³/mol. The average Bonchev–Trinajstić information content (AvgIpc) is 2.22. The summed E-state index contributed by atoms with van der Waals surface area (Å²) in [6, 6.07) is 3.45. The first kappa shape index (κ1) is 10.3. The normalized spacial score (nSPS) is 10.6. The second-order valence-electron chi connectivity index (χ2n) is 3.27. The Morgan fingerprint density at radius 2 is 2.19 bits per heavy atom. The van der Waals surface area contributed by atoms with Crippen molar-refractivity contribution in [3.05, 3.63) is 40.2 Å². The lowest BCUT2D eigenvalue weighted by Gasteiger charge is -2.04. The van der Waals surface area contributed by atoms with E-state index in [2.05, 4.69) is 4.98 Å². The molecule has 82 valence electrons. The van der Waals surface area contributed by atoms with Crippen molar-refractivity contribution in [2.75, 3.05) is 0 Å². The van der Waals surface area contributed by atoms with Crippen LogP contribution < -0.4 is 5.56 Å². The molecule has 0 radical (unpaired) electrons. The van der Waals surface area contributed by atoms with Crippen LogP contribution in [0, 0.1) is 5.82 Å². The van der Waals surface area contributed by atoms with Crippen molar-refractivity contribution in [1.82, 2.24) is 9.55 Å². The fourth-order valence-electron chi connectivity index (χ4n) is 1.44. The molecule has 0 atom stereocenters. The van der Waals surface area contributed by atoms with Gasteiger partial charge >= 0.3 is 5.97 Å². The van der Waals surface area contributed by atoms with Crippen molar-refractivity contribution in [3.63, 3.8) is 0 Å². The van der Waals surface area contributed by atoms with Gasteiger partial charge in [0.15, 0.2) is 0 Å². The molecular formula is C10H7FN2O3. The summed E-state index contributed by atoms with van der Waals surface area (Å²) in [6.45, 7) is 0. The van der Waals surface area contributed by atoms with Crippen molar-refractivity contribution in [1.29, 1.82) is 0 Å². The molecular weight excluding hydrogens is 215 g/mol. The van der Waals surface area contributed by atoms with Crippen LogP contribution >= 0.6 is 0 Å². The Kier molecular flexibility index (Phi) is 2.19. The minimum absolute atomic E-state index is 0.0421. The Bertz CT molecular complexity index is 648. The highest BCUT2D eigenvalue weighted by atomic mass is 19.1. The van der Waals surface area contributed by atoms with E-state index < -0.39 is 23.2 Å². The van der Waals surface area contributed by atoms with Gasteiger partial charge in [-0.25, -0.2) is 14.2 Å². The number of hydrogen-bond acceptors (Lipinski definition) is 3. The Balaban J connectivity index is 2.94. The van der Waals surface area contributed by atoms with Gasteiger partial charge < -0.3 is 5.11 Å². The number of aromatic carboxylic acids is 1. The number of fused-ring (bicyclic) bond motifs is 1. The summed E-state index contributed by atoms with van der Waals surface area (Å²) in [5, 5.41) is 8.99. The van der Waals surface area contributed by atoms with Crippen LogP contribution in [0.25, 0.3) is 10.9 Å². The first-order valence-electron chi connectivity index (χ1n) is 4.40. The number of carboxylic acid groups (broad SMARTS) is 1. The summed E-state index contributed by atoms with van der Waals surface area (Å²) in [5.74, 6) is -2.31. The van der Waals surface area contributed by atoms with Gasteiger partial charge in [0.2, 0.25) is 5.82 Å². The molecule has 0 spiro atoms. The van der Waals surface area contributed by atoms with Gasteiger partial charge in [-0.15, -0.1) is 0 Å². The fraction of sp³-hybridized carbons (Fsp3) is 0.100. The van der Waals surface area contributed by atoms with E-state index in [1.54, 1.807) is 0 Å². The van der Waals surface area contributed by atoms with E-state index in [4.69, 9.17) is 5.11 Å². The van der Waals surface area contributed by atoms with Gasteiger partial charge in [0, 0.05) is 13.1 Å². The SMILES string of the molecule is Cn1c(C(=O)O)nc2cc(F)ccc2c1=O. The third-order valence-corrected chi connectivity index (χ3v) is 2.23. The van der Waals surface area contributed by atoms with Crippen molar-refractivity contribution < 1.29 is 14.3 Å². The van der Waals surface area contributed by atoms with Crippen LogP contribution in [-0.2, 0) is 7.05 Å². The maximum atomic E-state index is 12.9. The number of rotatable bonds is 1. The van der Waals surface area contributed by atoms with Crippen LogP contribution in [-0.4, -0.2) is 20.6 Å². The predicted octanol–water partition coefficient (Wildman–Crippen LogP) is 0.771. The molecule has 1 aromatic carbocycles. The Hall–Kier alpha value is -2.24. The van der Waals surface area contributed by atoms with E-state index in [1.807, 2.05) is 0 Å². The molecule has 1 aromatic heterocycles. The van der Waals surface area contributed by atoms with Gasteiger partial charge in [0.1, 0.15) is 5.82 Å². The monoisotopic (exact) mass is 222 g/mol. The van der Waals surface area contributed by atoms with E-state index in [0.29, 0.717) is 0 Å². The quantitative estimate of drug-likeness (QED) is 0.773. The van der Waals surface area contributed by atoms with Gasteiger partial charge in [0.05, 0.1) is 10.9 Å². The second kappa shape index (κ2) is 3.41. The molecule has 1 heterocycles. The minimum Gasteiger partial charge on any atom is -0.475 e. The van der Waals surface area contributed by atoms with E-state index >= 15 is 0 Å². The highest BCUT2D eigenvalue weighted by Crippen LogP contribution is 2.10.